The number of nitrogens with zero attached hydrogens (tertiary/aromatic N) is 1. The summed E-state index contributed by atoms with van der Waals surface area (Å²) >= 11 is 0. The van der Waals surface area contributed by atoms with Crippen LogP contribution in [-0.4, -0.2) is 54.3 Å². The van der Waals surface area contributed by atoms with Crippen molar-refractivity contribution in [1.82, 2.24) is 10.2 Å². The van der Waals surface area contributed by atoms with Crippen molar-refractivity contribution >= 4 is 5.91 Å². The molecule has 1 rings (SSSR count). The van der Waals surface area contributed by atoms with Crippen LogP contribution in [0.1, 0.15) is 31.9 Å². The topological polar surface area (TPSA) is 61.8 Å². The van der Waals surface area contributed by atoms with Crippen molar-refractivity contribution in [2.24, 2.45) is 0 Å². The Kier molecular flexibility index (Phi) is 7.03. The molecular formula is C18H30N2O3. The molecule has 0 saturated heterocycles. The zero-order valence-electron chi connectivity index (χ0n) is 15.1. The summed E-state index contributed by atoms with van der Waals surface area (Å²) in [4.78, 5) is 13.6. The number of aryl methyl sites for hydroxylation is 2. The van der Waals surface area contributed by atoms with Gasteiger partial charge in [-0.05, 0) is 58.9 Å². The largest absolute Gasteiger partial charge is 0.491 e. The van der Waals surface area contributed by atoms with Crippen molar-refractivity contribution in [1.29, 1.82) is 0 Å². The number of carbonyl (C=O) groups excluding carboxylic acids is 1. The number of benzene rings is 1. The lowest BCUT2D eigenvalue weighted by molar-refractivity contribution is -0.123. The molecule has 1 aromatic rings. The fourth-order valence-electron chi connectivity index (χ4n) is 2.23. The van der Waals surface area contributed by atoms with Crippen LogP contribution in [0.3, 0.4) is 0 Å². The molecule has 23 heavy (non-hydrogen) atoms. The first-order valence-corrected chi connectivity index (χ1v) is 7.94. The lowest BCUT2D eigenvalue weighted by atomic mass is 10.1. The van der Waals surface area contributed by atoms with Crippen molar-refractivity contribution < 1.29 is 14.6 Å². The Morgan fingerprint density at radius 3 is 2.61 bits per heavy atom. The molecule has 0 spiro atoms. The van der Waals surface area contributed by atoms with Crippen LogP contribution >= 0.6 is 0 Å². The maximum Gasteiger partial charge on any atom is 0.234 e. The third kappa shape index (κ3) is 8.00. The Labute approximate surface area is 139 Å². The first kappa shape index (κ1) is 19.5. The number of carbonyl (C=O) groups is 1. The Balaban J connectivity index is 2.39. The molecule has 1 unspecified atom stereocenters. The van der Waals surface area contributed by atoms with Gasteiger partial charge in [0, 0.05) is 12.1 Å². The van der Waals surface area contributed by atoms with Crippen LogP contribution in [0.5, 0.6) is 5.75 Å². The van der Waals surface area contributed by atoms with Crippen LogP contribution in [0.15, 0.2) is 18.2 Å². The van der Waals surface area contributed by atoms with Crippen molar-refractivity contribution in [2.45, 2.75) is 46.3 Å². The van der Waals surface area contributed by atoms with Gasteiger partial charge in [0.05, 0.1) is 6.54 Å². The van der Waals surface area contributed by atoms with Gasteiger partial charge < -0.3 is 15.2 Å². The van der Waals surface area contributed by atoms with Gasteiger partial charge in [-0.1, -0.05) is 12.1 Å². The molecule has 0 radical (unpaired) electrons. The van der Waals surface area contributed by atoms with E-state index in [9.17, 15) is 9.90 Å². The van der Waals surface area contributed by atoms with E-state index in [0.717, 1.165) is 16.9 Å². The van der Waals surface area contributed by atoms with Crippen LogP contribution < -0.4 is 10.1 Å². The van der Waals surface area contributed by atoms with Gasteiger partial charge in [-0.25, -0.2) is 0 Å². The van der Waals surface area contributed by atoms with Gasteiger partial charge in [0.2, 0.25) is 5.91 Å². The van der Waals surface area contributed by atoms with E-state index in [2.05, 4.69) is 5.32 Å². The fraction of sp³-hybridized carbons (Fsp3) is 0.611. The maximum atomic E-state index is 11.8. The number of hydrogen-bond acceptors (Lipinski definition) is 4. The predicted molar refractivity (Wildman–Crippen MR) is 92.8 cm³/mol. The highest BCUT2D eigenvalue weighted by molar-refractivity contribution is 5.78. The number of likely N-dealkylation sites (N-methyl/N-ethyl adjacent to an activating group) is 1. The summed E-state index contributed by atoms with van der Waals surface area (Å²) in [6.45, 7) is 10.6. The van der Waals surface area contributed by atoms with Crippen LogP contribution in [0.25, 0.3) is 0 Å². The first-order chi connectivity index (χ1) is 10.6. The van der Waals surface area contributed by atoms with E-state index in [1.807, 2.05) is 59.9 Å². The van der Waals surface area contributed by atoms with E-state index in [-0.39, 0.29) is 24.6 Å². The van der Waals surface area contributed by atoms with Gasteiger partial charge in [-0.2, -0.15) is 0 Å². The number of nitrogens with one attached hydrogen (secondary N) is 1. The highest BCUT2D eigenvalue weighted by atomic mass is 16.5. The Morgan fingerprint density at radius 1 is 1.35 bits per heavy atom. The second-order valence-electron chi connectivity index (χ2n) is 7.23. The Morgan fingerprint density at radius 2 is 2.00 bits per heavy atom. The normalized spacial score (nSPS) is 13.0. The molecule has 0 aromatic heterocycles. The molecule has 1 atom stereocenters. The fourth-order valence-corrected chi connectivity index (χ4v) is 2.23. The minimum atomic E-state index is -0.651. The Hall–Kier alpha value is -1.59. The smallest absolute Gasteiger partial charge is 0.234 e. The van der Waals surface area contributed by atoms with Crippen LogP contribution in [0, 0.1) is 13.8 Å². The van der Waals surface area contributed by atoms with Gasteiger partial charge in [0.1, 0.15) is 18.5 Å². The molecule has 5 heteroatoms. The van der Waals surface area contributed by atoms with Crippen molar-refractivity contribution in [2.75, 3.05) is 26.7 Å². The van der Waals surface area contributed by atoms with E-state index in [1.54, 1.807) is 4.90 Å². The summed E-state index contributed by atoms with van der Waals surface area (Å²) < 4.78 is 5.69. The third-order valence-electron chi connectivity index (χ3n) is 3.23. The standard InChI is InChI=1S/C18H30N2O3/c1-13-7-8-14(2)16(9-13)23-12-15(21)10-20(6)11-17(22)19-18(3,4)5/h7-9,15,21H,10-12H2,1-6H3,(H,19,22). The number of ether oxygens (including phenoxy) is 1. The number of amides is 1. The summed E-state index contributed by atoms with van der Waals surface area (Å²) in [6.07, 6.45) is -0.651. The predicted octanol–water partition coefficient (Wildman–Crippen LogP) is 1.89. The molecule has 5 nitrogen and oxygen atoms in total. The monoisotopic (exact) mass is 322 g/mol. The minimum Gasteiger partial charge on any atom is -0.491 e. The minimum absolute atomic E-state index is 0.0531. The first-order valence-electron chi connectivity index (χ1n) is 7.94. The molecule has 2 N–H and O–H groups in total. The summed E-state index contributed by atoms with van der Waals surface area (Å²) in [7, 11) is 1.81. The number of hydrogen-bond donors (Lipinski definition) is 2. The quantitative estimate of drug-likeness (QED) is 0.805. The molecule has 0 heterocycles. The summed E-state index contributed by atoms with van der Waals surface area (Å²) in [5.74, 6) is 0.736. The zero-order chi connectivity index (χ0) is 17.6. The van der Waals surface area contributed by atoms with E-state index < -0.39 is 6.10 Å². The SMILES string of the molecule is Cc1ccc(C)c(OCC(O)CN(C)CC(=O)NC(C)(C)C)c1. The van der Waals surface area contributed by atoms with Gasteiger partial charge >= 0.3 is 0 Å². The van der Waals surface area contributed by atoms with Crippen LogP contribution in [0.4, 0.5) is 0 Å². The summed E-state index contributed by atoms with van der Waals surface area (Å²) in [6, 6.07) is 5.99. The molecule has 0 bridgehead atoms. The summed E-state index contributed by atoms with van der Waals surface area (Å²) in [5.41, 5.74) is 1.92. The second-order valence-corrected chi connectivity index (χ2v) is 7.23. The van der Waals surface area contributed by atoms with Crippen molar-refractivity contribution in [3.05, 3.63) is 29.3 Å². The molecule has 0 aliphatic heterocycles. The van der Waals surface area contributed by atoms with Gasteiger partial charge in [0.25, 0.3) is 0 Å². The molecule has 0 fully saturated rings. The molecule has 1 aromatic carbocycles. The number of aliphatic hydroxyl groups excluding tert-OH is 1. The zero-order valence-corrected chi connectivity index (χ0v) is 15.1. The van der Waals surface area contributed by atoms with Gasteiger partial charge in [-0.15, -0.1) is 0 Å². The van der Waals surface area contributed by atoms with E-state index in [4.69, 9.17) is 4.74 Å². The van der Waals surface area contributed by atoms with Crippen molar-refractivity contribution in [3.63, 3.8) is 0 Å². The van der Waals surface area contributed by atoms with Crippen LogP contribution in [-0.2, 0) is 4.79 Å². The third-order valence-corrected chi connectivity index (χ3v) is 3.23. The number of aliphatic hydroxyl groups is 1. The molecule has 0 aliphatic carbocycles. The summed E-state index contributed by atoms with van der Waals surface area (Å²) in [5, 5.41) is 13.0. The van der Waals surface area contributed by atoms with Crippen molar-refractivity contribution in [3.8, 4) is 5.75 Å². The second kappa shape index (κ2) is 8.31. The number of rotatable bonds is 7. The molecule has 130 valence electrons. The van der Waals surface area contributed by atoms with Gasteiger partial charge in [0.15, 0.2) is 0 Å². The van der Waals surface area contributed by atoms with Gasteiger partial charge in [-0.3, -0.25) is 9.69 Å². The highest BCUT2D eigenvalue weighted by Gasteiger charge is 2.17. The molecule has 0 aliphatic rings. The lowest BCUT2D eigenvalue weighted by Gasteiger charge is -2.24. The van der Waals surface area contributed by atoms with E-state index in [0.29, 0.717) is 6.54 Å². The maximum absolute atomic E-state index is 11.8. The molecular weight excluding hydrogens is 292 g/mol. The lowest BCUT2D eigenvalue weighted by Crippen LogP contribution is -2.46. The molecule has 1 amide bonds. The Bertz CT molecular complexity index is 523. The highest BCUT2D eigenvalue weighted by Crippen LogP contribution is 2.19. The van der Waals surface area contributed by atoms with Crippen LogP contribution in [0.2, 0.25) is 0 Å². The average molecular weight is 322 g/mol. The van der Waals surface area contributed by atoms with E-state index in [1.165, 1.54) is 0 Å². The average Bonchev–Trinajstić information content (AvgIpc) is 2.37. The van der Waals surface area contributed by atoms with E-state index >= 15 is 0 Å². The molecule has 0 saturated carbocycles.